The molecular weight excluding hydrogens is 356 g/mol. The zero-order chi connectivity index (χ0) is 19.3. The molecule has 0 aromatic heterocycles. The Morgan fingerprint density at radius 3 is 2.39 bits per heavy atom. The fourth-order valence-electron chi connectivity index (χ4n) is 6.20. The van der Waals surface area contributed by atoms with Gasteiger partial charge in [-0.15, -0.1) is 0 Å². The molecule has 1 heterocycles. The summed E-state index contributed by atoms with van der Waals surface area (Å²) in [5, 5.41) is 5.94. The lowest BCUT2D eigenvalue weighted by Crippen LogP contribution is -2.56. The van der Waals surface area contributed by atoms with Crippen molar-refractivity contribution in [2.24, 2.45) is 23.2 Å². The molecule has 4 saturated carbocycles. The zero-order valence-electron chi connectivity index (χ0n) is 16.3. The number of rotatable bonds is 5. The molecule has 0 saturated heterocycles. The minimum absolute atomic E-state index is 0.0947. The molecule has 6 heteroatoms. The maximum Gasteiger partial charge on any atom is 0.242 e. The van der Waals surface area contributed by atoms with Gasteiger partial charge in [-0.25, -0.2) is 0 Å². The van der Waals surface area contributed by atoms with Crippen LogP contribution in [0, 0.1) is 23.2 Å². The van der Waals surface area contributed by atoms with Crippen LogP contribution in [0.2, 0.25) is 0 Å². The van der Waals surface area contributed by atoms with Crippen molar-refractivity contribution in [2.75, 3.05) is 6.79 Å². The first-order valence-corrected chi connectivity index (χ1v) is 10.5. The van der Waals surface area contributed by atoms with Crippen LogP contribution >= 0.6 is 0 Å². The number of carbonyl (C=O) groups excluding carboxylic acids is 2. The van der Waals surface area contributed by atoms with Gasteiger partial charge in [-0.05, 0) is 80.9 Å². The van der Waals surface area contributed by atoms with Crippen molar-refractivity contribution >= 4 is 11.8 Å². The van der Waals surface area contributed by atoms with Gasteiger partial charge in [-0.2, -0.15) is 0 Å². The van der Waals surface area contributed by atoms with Gasteiger partial charge in [0.05, 0.1) is 0 Å². The summed E-state index contributed by atoms with van der Waals surface area (Å²) in [6.45, 7) is 2.40. The summed E-state index contributed by atoms with van der Waals surface area (Å²) in [4.78, 5) is 25.6. The Labute approximate surface area is 165 Å². The van der Waals surface area contributed by atoms with E-state index in [2.05, 4.69) is 10.6 Å². The van der Waals surface area contributed by atoms with Crippen LogP contribution in [0.3, 0.4) is 0 Å². The van der Waals surface area contributed by atoms with E-state index in [0.717, 1.165) is 30.6 Å². The third-order valence-electron chi connectivity index (χ3n) is 7.16. The Balaban J connectivity index is 1.17. The zero-order valence-corrected chi connectivity index (χ0v) is 16.3. The second kappa shape index (κ2) is 6.68. The molecule has 2 amide bonds. The Morgan fingerprint density at radius 1 is 1.07 bits per heavy atom. The number of ether oxygens (including phenoxy) is 2. The van der Waals surface area contributed by atoms with E-state index in [9.17, 15) is 9.59 Å². The van der Waals surface area contributed by atoms with Gasteiger partial charge in [0.2, 0.25) is 18.6 Å². The van der Waals surface area contributed by atoms with Crippen LogP contribution in [0.15, 0.2) is 18.2 Å². The Morgan fingerprint density at radius 2 is 1.71 bits per heavy atom. The van der Waals surface area contributed by atoms with Crippen LogP contribution in [0.4, 0.5) is 0 Å². The molecule has 6 rings (SSSR count). The van der Waals surface area contributed by atoms with E-state index >= 15 is 0 Å². The first kappa shape index (κ1) is 17.8. The third-order valence-corrected chi connectivity index (χ3v) is 7.16. The molecular formula is C22H28N2O4. The number of hydrogen-bond donors (Lipinski definition) is 2. The summed E-state index contributed by atoms with van der Waals surface area (Å²) in [5.41, 5.74) is 0.720. The average Bonchev–Trinajstić information content (AvgIpc) is 3.12. The normalized spacial score (nSPS) is 32.8. The standard InChI is InChI=1S/C22H28N2O4/c1-13(20(25)23-11-14-2-3-18-19(7-14)28-12-27-18)24-21(26)22-8-15-4-16(9-22)6-17(5-15)10-22/h2-3,7,13,15-17H,4-6,8-12H2,1H3,(H,23,25)(H,24,26)/t13-,15?,16?,17?,22?/m0/s1. The van der Waals surface area contributed by atoms with Crippen molar-refractivity contribution in [3.8, 4) is 11.5 Å². The summed E-state index contributed by atoms with van der Waals surface area (Å²) < 4.78 is 10.7. The van der Waals surface area contributed by atoms with Gasteiger partial charge in [-0.3, -0.25) is 9.59 Å². The van der Waals surface area contributed by atoms with Gasteiger partial charge in [0, 0.05) is 12.0 Å². The quantitative estimate of drug-likeness (QED) is 0.818. The van der Waals surface area contributed by atoms with Crippen molar-refractivity contribution in [3.05, 3.63) is 23.8 Å². The Kier molecular flexibility index (Phi) is 4.25. The summed E-state index contributed by atoms with van der Waals surface area (Å²) in [6.07, 6.45) is 6.94. The van der Waals surface area contributed by atoms with E-state index < -0.39 is 6.04 Å². The number of nitrogens with one attached hydrogen (secondary N) is 2. The van der Waals surface area contributed by atoms with E-state index in [4.69, 9.17) is 9.47 Å². The van der Waals surface area contributed by atoms with E-state index in [1.54, 1.807) is 6.92 Å². The molecule has 150 valence electrons. The van der Waals surface area contributed by atoms with Crippen LogP contribution < -0.4 is 20.1 Å². The molecule has 0 radical (unpaired) electrons. The van der Waals surface area contributed by atoms with Gasteiger partial charge in [0.25, 0.3) is 0 Å². The highest BCUT2D eigenvalue weighted by Crippen LogP contribution is 2.60. The van der Waals surface area contributed by atoms with Crippen molar-refractivity contribution in [3.63, 3.8) is 0 Å². The van der Waals surface area contributed by atoms with Crippen LogP contribution in [0.5, 0.6) is 11.5 Å². The molecule has 5 aliphatic rings. The number of carbonyl (C=O) groups is 2. The largest absolute Gasteiger partial charge is 0.454 e. The van der Waals surface area contributed by atoms with Crippen LogP contribution in [-0.4, -0.2) is 24.6 Å². The summed E-state index contributed by atoms with van der Waals surface area (Å²) >= 11 is 0. The van der Waals surface area contributed by atoms with E-state index in [-0.39, 0.29) is 24.0 Å². The first-order valence-electron chi connectivity index (χ1n) is 10.5. The molecule has 2 N–H and O–H groups in total. The highest BCUT2D eigenvalue weighted by Gasteiger charge is 2.54. The fraction of sp³-hybridized carbons (Fsp3) is 0.636. The summed E-state index contributed by atoms with van der Waals surface area (Å²) in [6, 6.07) is 5.10. The molecule has 1 aromatic carbocycles. The Bertz CT molecular complexity index is 770. The van der Waals surface area contributed by atoms with Crippen molar-refractivity contribution in [2.45, 2.75) is 58.0 Å². The molecule has 0 unspecified atom stereocenters. The molecule has 4 bridgehead atoms. The molecule has 4 fully saturated rings. The van der Waals surface area contributed by atoms with Crippen molar-refractivity contribution in [1.82, 2.24) is 10.6 Å². The van der Waals surface area contributed by atoms with Crippen LogP contribution in [0.1, 0.15) is 51.0 Å². The maximum absolute atomic E-state index is 13.1. The highest BCUT2D eigenvalue weighted by atomic mass is 16.7. The van der Waals surface area contributed by atoms with E-state index in [0.29, 0.717) is 30.0 Å². The van der Waals surface area contributed by atoms with E-state index in [1.807, 2.05) is 18.2 Å². The number of hydrogen-bond acceptors (Lipinski definition) is 4. The van der Waals surface area contributed by atoms with Gasteiger partial charge in [0.15, 0.2) is 11.5 Å². The maximum atomic E-state index is 13.1. The predicted molar refractivity (Wildman–Crippen MR) is 103 cm³/mol. The van der Waals surface area contributed by atoms with Gasteiger partial charge in [-0.1, -0.05) is 6.07 Å². The Hall–Kier alpha value is -2.24. The van der Waals surface area contributed by atoms with Crippen LogP contribution in [0.25, 0.3) is 0 Å². The predicted octanol–water partition coefficient (Wildman–Crippen LogP) is 2.75. The molecule has 4 aliphatic carbocycles. The smallest absolute Gasteiger partial charge is 0.242 e. The molecule has 1 aliphatic heterocycles. The monoisotopic (exact) mass is 384 g/mol. The second-order valence-corrected chi connectivity index (χ2v) is 9.30. The molecule has 28 heavy (non-hydrogen) atoms. The number of amides is 2. The second-order valence-electron chi connectivity index (χ2n) is 9.30. The fourth-order valence-corrected chi connectivity index (χ4v) is 6.20. The number of benzene rings is 1. The van der Waals surface area contributed by atoms with E-state index in [1.165, 1.54) is 19.3 Å². The first-order chi connectivity index (χ1) is 13.5. The lowest BCUT2D eigenvalue weighted by Gasteiger charge is -2.55. The van der Waals surface area contributed by atoms with Crippen molar-refractivity contribution < 1.29 is 19.1 Å². The molecule has 1 atom stereocenters. The SMILES string of the molecule is C[C@H](NC(=O)C12CC3CC(CC(C3)C1)C2)C(=O)NCc1ccc2c(c1)OCO2. The van der Waals surface area contributed by atoms with Gasteiger partial charge >= 0.3 is 0 Å². The lowest BCUT2D eigenvalue weighted by atomic mass is 9.49. The summed E-state index contributed by atoms with van der Waals surface area (Å²) in [5.74, 6) is 3.51. The lowest BCUT2D eigenvalue weighted by molar-refractivity contribution is -0.148. The van der Waals surface area contributed by atoms with Crippen LogP contribution in [-0.2, 0) is 16.1 Å². The summed E-state index contributed by atoms with van der Waals surface area (Å²) in [7, 11) is 0. The van der Waals surface area contributed by atoms with Gasteiger partial charge in [0.1, 0.15) is 6.04 Å². The minimum Gasteiger partial charge on any atom is -0.454 e. The molecule has 1 aromatic rings. The van der Waals surface area contributed by atoms with Gasteiger partial charge < -0.3 is 20.1 Å². The topological polar surface area (TPSA) is 76.7 Å². The number of fused-ring (bicyclic) bond motifs is 1. The molecule has 0 spiro atoms. The average molecular weight is 384 g/mol. The highest BCUT2D eigenvalue weighted by molar-refractivity contribution is 5.90. The molecule has 6 nitrogen and oxygen atoms in total. The van der Waals surface area contributed by atoms with Crippen molar-refractivity contribution in [1.29, 1.82) is 0 Å². The third kappa shape index (κ3) is 3.12. The minimum atomic E-state index is -0.533.